The molecule has 22 heavy (non-hydrogen) atoms. The third kappa shape index (κ3) is 2.61. The maximum absolute atomic E-state index is 12.6. The van der Waals surface area contributed by atoms with Crippen molar-refractivity contribution in [2.75, 3.05) is 7.05 Å². The number of carbonyl (C=O) groups is 1. The molecule has 5 nitrogen and oxygen atoms in total. The summed E-state index contributed by atoms with van der Waals surface area (Å²) in [5.41, 5.74) is 0.999. The zero-order valence-corrected chi connectivity index (χ0v) is 12.1. The SMILES string of the molecule is CN(Cc1ccccc1)C(=O)c1n[nH]c(=O)c2ccccc12. The standard InChI is InChI=1S/C17H15N3O2/c1-20(11-12-7-3-2-4-8-12)17(22)15-13-9-5-6-10-14(13)16(21)19-18-15/h2-10H,11H2,1H3,(H,19,21). The molecule has 0 aliphatic carbocycles. The summed E-state index contributed by atoms with van der Waals surface area (Å²) in [6, 6.07) is 16.7. The number of nitrogens with zero attached hydrogens (tertiary/aromatic N) is 2. The van der Waals surface area contributed by atoms with E-state index < -0.39 is 0 Å². The topological polar surface area (TPSA) is 66.1 Å². The predicted octanol–water partition coefficient (Wildman–Crippen LogP) is 2.20. The van der Waals surface area contributed by atoms with Crippen molar-refractivity contribution in [3.63, 3.8) is 0 Å². The Balaban J connectivity index is 1.95. The second-order valence-corrected chi connectivity index (χ2v) is 5.09. The van der Waals surface area contributed by atoms with Crippen LogP contribution >= 0.6 is 0 Å². The molecule has 5 heteroatoms. The minimum Gasteiger partial charge on any atom is -0.336 e. The van der Waals surface area contributed by atoms with Gasteiger partial charge in [-0.1, -0.05) is 48.5 Å². The van der Waals surface area contributed by atoms with Crippen LogP contribution in [-0.2, 0) is 6.54 Å². The Kier molecular flexibility index (Phi) is 3.70. The summed E-state index contributed by atoms with van der Waals surface area (Å²) in [4.78, 5) is 26.0. The summed E-state index contributed by atoms with van der Waals surface area (Å²) in [6.45, 7) is 0.481. The van der Waals surface area contributed by atoms with E-state index in [9.17, 15) is 9.59 Å². The average molecular weight is 293 g/mol. The zero-order chi connectivity index (χ0) is 15.5. The molecule has 3 rings (SSSR count). The Hall–Kier alpha value is -2.95. The number of hydrogen-bond donors (Lipinski definition) is 1. The van der Waals surface area contributed by atoms with Gasteiger partial charge in [-0.05, 0) is 11.6 Å². The molecule has 3 aromatic rings. The quantitative estimate of drug-likeness (QED) is 0.805. The van der Waals surface area contributed by atoms with Crippen LogP contribution in [0.15, 0.2) is 59.4 Å². The smallest absolute Gasteiger partial charge is 0.274 e. The monoisotopic (exact) mass is 293 g/mol. The van der Waals surface area contributed by atoms with Crippen molar-refractivity contribution in [2.45, 2.75) is 6.54 Å². The van der Waals surface area contributed by atoms with E-state index in [0.29, 0.717) is 17.3 Å². The Morgan fingerprint density at radius 2 is 1.68 bits per heavy atom. The molecular formula is C17H15N3O2. The van der Waals surface area contributed by atoms with Crippen molar-refractivity contribution in [1.29, 1.82) is 0 Å². The van der Waals surface area contributed by atoms with E-state index in [1.54, 1.807) is 36.2 Å². The Labute approximate surface area is 127 Å². The summed E-state index contributed by atoms with van der Waals surface area (Å²) in [6.07, 6.45) is 0. The lowest BCUT2D eigenvalue weighted by atomic mass is 10.1. The van der Waals surface area contributed by atoms with Gasteiger partial charge in [0.05, 0.1) is 5.39 Å². The summed E-state index contributed by atoms with van der Waals surface area (Å²) in [5.74, 6) is -0.226. The molecule has 1 aromatic heterocycles. The molecule has 2 aromatic carbocycles. The zero-order valence-electron chi connectivity index (χ0n) is 12.1. The molecule has 0 saturated carbocycles. The van der Waals surface area contributed by atoms with E-state index in [2.05, 4.69) is 10.2 Å². The molecule has 0 saturated heterocycles. The highest BCUT2D eigenvalue weighted by atomic mass is 16.2. The first-order valence-electron chi connectivity index (χ1n) is 6.93. The first-order valence-corrected chi connectivity index (χ1v) is 6.93. The number of aromatic amines is 1. The van der Waals surface area contributed by atoms with Crippen molar-refractivity contribution in [3.05, 3.63) is 76.2 Å². The van der Waals surface area contributed by atoms with E-state index in [4.69, 9.17) is 0 Å². The van der Waals surface area contributed by atoms with Crippen LogP contribution in [0, 0.1) is 0 Å². The van der Waals surface area contributed by atoms with E-state index in [0.717, 1.165) is 5.56 Å². The average Bonchev–Trinajstić information content (AvgIpc) is 2.56. The van der Waals surface area contributed by atoms with Crippen LogP contribution in [0.5, 0.6) is 0 Å². The van der Waals surface area contributed by atoms with Gasteiger partial charge in [0.2, 0.25) is 0 Å². The summed E-state index contributed by atoms with van der Waals surface area (Å²) < 4.78 is 0. The van der Waals surface area contributed by atoms with E-state index in [1.165, 1.54) is 0 Å². The molecule has 0 aliphatic rings. The van der Waals surface area contributed by atoms with Crippen molar-refractivity contribution in [1.82, 2.24) is 15.1 Å². The van der Waals surface area contributed by atoms with Gasteiger partial charge in [-0.15, -0.1) is 0 Å². The first-order chi connectivity index (χ1) is 10.7. The summed E-state index contributed by atoms with van der Waals surface area (Å²) in [7, 11) is 1.72. The molecule has 0 unspecified atom stereocenters. The molecule has 1 N–H and O–H groups in total. The number of H-pyrrole nitrogens is 1. The lowest BCUT2D eigenvalue weighted by Gasteiger charge is -2.17. The van der Waals surface area contributed by atoms with Crippen LogP contribution in [0.2, 0.25) is 0 Å². The van der Waals surface area contributed by atoms with Crippen molar-refractivity contribution in [3.8, 4) is 0 Å². The third-order valence-electron chi connectivity index (χ3n) is 3.51. The van der Waals surface area contributed by atoms with Gasteiger partial charge >= 0.3 is 0 Å². The lowest BCUT2D eigenvalue weighted by molar-refractivity contribution is 0.0780. The number of aromatic nitrogens is 2. The first kappa shape index (κ1) is 14.0. The van der Waals surface area contributed by atoms with Crippen LogP contribution in [-0.4, -0.2) is 28.1 Å². The molecule has 0 atom stereocenters. The van der Waals surface area contributed by atoms with Crippen LogP contribution in [0.25, 0.3) is 10.8 Å². The normalized spacial score (nSPS) is 10.6. The number of nitrogens with one attached hydrogen (secondary N) is 1. The summed E-state index contributed by atoms with van der Waals surface area (Å²) in [5, 5.41) is 7.36. The van der Waals surface area contributed by atoms with Crippen molar-refractivity contribution >= 4 is 16.7 Å². The van der Waals surface area contributed by atoms with Gasteiger partial charge in [0.25, 0.3) is 11.5 Å². The number of carbonyl (C=O) groups excluding carboxylic acids is 1. The molecule has 0 bridgehead atoms. The van der Waals surface area contributed by atoms with Crippen LogP contribution in [0.3, 0.4) is 0 Å². The minimum absolute atomic E-state index is 0.226. The maximum atomic E-state index is 12.6. The highest BCUT2D eigenvalue weighted by molar-refractivity contribution is 6.04. The van der Waals surface area contributed by atoms with Gasteiger partial charge in [0.1, 0.15) is 0 Å². The van der Waals surface area contributed by atoms with Gasteiger partial charge in [-0.25, -0.2) is 5.10 Å². The highest BCUT2D eigenvalue weighted by Crippen LogP contribution is 2.15. The molecule has 0 aliphatic heterocycles. The number of rotatable bonds is 3. The fourth-order valence-electron chi connectivity index (χ4n) is 2.39. The number of fused-ring (bicyclic) bond motifs is 1. The Morgan fingerprint density at radius 3 is 2.41 bits per heavy atom. The van der Waals surface area contributed by atoms with Gasteiger partial charge < -0.3 is 4.90 Å². The van der Waals surface area contributed by atoms with Crippen molar-refractivity contribution in [2.24, 2.45) is 0 Å². The maximum Gasteiger partial charge on any atom is 0.274 e. The van der Waals surface area contributed by atoms with Crippen LogP contribution in [0.1, 0.15) is 16.1 Å². The fraction of sp³-hybridized carbons (Fsp3) is 0.118. The van der Waals surface area contributed by atoms with E-state index in [-0.39, 0.29) is 17.2 Å². The van der Waals surface area contributed by atoms with Crippen LogP contribution in [0.4, 0.5) is 0 Å². The molecular weight excluding hydrogens is 278 g/mol. The van der Waals surface area contributed by atoms with Crippen molar-refractivity contribution < 1.29 is 4.79 Å². The number of amides is 1. The molecule has 1 amide bonds. The van der Waals surface area contributed by atoms with E-state index in [1.807, 2.05) is 30.3 Å². The van der Waals surface area contributed by atoms with Crippen LogP contribution < -0.4 is 5.56 Å². The molecule has 0 spiro atoms. The second kappa shape index (κ2) is 5.81. The molecule has 0 fully saturated rings. The van der Waals surface area contributed by atoms with Gasteiger partial charge in [0.15, 0.2) is 5.69 Å². The molecule has 1 heterocycles. The predicted molar refractivity (Wildman–Crippen MR) is 84.6 cm³/mol. The number of hydrogen-bond acceptors (Lipinski definition) is 3. The fourth-order valence-corrected chi connectivity index (χ4v) is 2.39. The lowest BCUT2D eigenvalue weighted by Crippen LogP contribution is -2.28. The minimum atomic E-state index is -0.294. The van der Waals surface area contributed by atoms with Gasteiger partial charge in [0, 0.05) is 19.0 Å². The number of benzene rings is 2. The molecule has 0 radical (unpaired) electrons. The Morgan fingerprint density at radius 1 is 1.05 bits per heavy atom. The second-order valence-electron chi connectivity index (χ2n) is 5.09. The Bertz CT molecular complexity index is 872. The highest BCUT2D eigenvalue weighted by Gasteiger charge is 2.17. The third-order valence-corrected chi connectivity index (χ3v) is 3.51. The van der Waals surface area contributed by atoms with Gasteiger partial charge in [-0.2, -0.15) is 5.10 Å². The van der Waals surface area contributed by atoms with E-state index >= 15 is 0 Å². The molecule has 110 valence electrons. The summed E-state index contributed by atoms with van der Waals surface area (Å²) >= 11 is 0. The van der Waals surface area contributed by atoms with Gasteiger partial charge in [-0.3, -0.25) is 9.59 Å². The largest absolute Gasteiger partial charge is 0.336 e.